The van der Waals surface area contributed by atoms with Crippen molar-refractivity contribution >= 4 is 35.2 Å². The molecule has 3 rings (SSSR count). The Morgan fingerprint density at radius 1 is 1.14 bits per heavy atom. The second-order valence-corrected chi connectivity index (χ2v) is 5.98. The molecule has 0 saturated heterocycles. The van der Waals surface area contributed by atoms with E-state index in [9.17, 15) is 0 Å². The van der Waals surface area contributed by atoms with Crippen LogP contribution in [-0.4, -0.2) is 12.5 Å². The van der Waals surface area contributed by atoms with Gasteiger partial charge in [0.05, 0.1) is 15.6 Å². The Kier molecular flexibility index (Phi) is 4.75. The molecule has 2 aromatic carbocycles. The van der Waals surface area contributed by atoms with Crippen LogP contribution in [0.5, 0.6) is 11.5 Å². The summed E-state index contributed by atoms with van der Waals surface area (Å²) < 4.78 is 9.16. The van der Waals surface area contributed by atoms with Crippen molar-refractivity contribution in [1.29, 1.82) is 0 Å². The van der Waals surface area contributed by atoms with E-state index in [1.165, 1.54) is 11.9 Å². The van der Waals surface area contributed by atoms with E-state index in [4.69, 9.17) is 16.3 Å². The Morgan fingerprint density at radius 3 is 2.77 bits per heavy atom. The van der Waals surface area contributed by atoms with Crippen LogP contribution in [0.4, 0.5) is 5.69 Å². The van der Waals surface area contributed by atoms with E-state index in [0.29, 0.717) is 10.8 Å². The largest absolute Gasteiger partial charge is 0.454 e. The molecule has 0 unspecified atom stereocenters. The maximum atomic E-state index is 6.17. The number of nitrogens with zero attached hydrogens (tertiary/aromatic N) is 1. The minimum atomic E-state index is 0.585. The molecule has 1 heterocycles. The monoisotopic (exact) mass is 333 g/mol. The second kappa shape index (κ2) is 6.94. The summed E-state index contributed by atoms with van der Waals surface area (Å²) in [6.45, 7) is 2.87. The van der Waals surface area contributed by atoms with E-state index < -0.39 is 0 Å². The first-order valence-corrected chi connectivity index (χ1v) is 8.27. The lowest BCUT2D eigenvalue weighted by molar-refractivity contribution is 0.484. The molecule has 0 aromatic heterocycles. The first-order valence-electron chi connectivity index (χ1n) is 7.07. The number of benzene rings is 2. The smallest absolute Gasteiger partial charge is 0.206 e. The lowest BCUT2D eigenvalue weighted by atomic mass is 10.2. The number of anilines is 1. The molecule has 0 amide bonds. The summed E-state index contributed by atoms with van der Waals surface area (Å²) in [5, 5.41) is 3.87. The molecule has 2 N–H and O–H groups in total. The third-order valence-electron chi connectivity index (χ3n) is 3.04. The van der Waals surface area contributed by atoms with Crippen molar-refractivity contribution in [2.24, 2.45) is 4.99 Å². The number of aliphatic imine (C=N–C) groups is 1. The Labute approximate surface area is 139 Å². The normalized spacial score (nSPS) is 14.9. The standard InChI is InChI=1S/C16H16ClN3OS/c1-2-10-18-16-19-15-13(8-5-9-14(15)22-20-16)21-12-7-4-3-6-11(12)17/h3-9H,2,10H2,1H3,(H2,18,19,20). The van der Waals surface area contributed by atoms with Crippen LogP contribution in [0.3, 0.4) is 0 Å². The molecule has 0 aliphatic carbocycles. The molecule has 1 aliphatic heterocycles. The molecule has 0 bridgehead atoms. The van der Waals surface area contributed by atoms with Gasteiger partial charge in [0.15, 0.2) is 5.75 Å². The number of fused-ring (bicyclic) bond motifs is 1. The predicted molar refractivity (Wildman–Crippen MR) is 93.2 cm³/mol. The van der Waals surface area contributed by atoms with Gasteiger partial charge in [0.2, 0.25) is 5.96 Å². The van der Waals surface area contributed by atoms with Crippen molar-refractivity contribution in [3.63, 3.8) is 0 Å². The van der Waals surface area contributed by atoms with Crippen LogP contribution in [0.1, 0.15) is 13.3 Å². The van der Waals surface area contributed by atoms with E-state index in [1.54, 1.807) is 0 Å². The number of hydrogen-bond donors (Lipinski definition) is 2. The van der Waals surface area contributed by atoms with Crippen LogP contribution in [-0.2, 0) is 0 Å². The van der Waals surface area contributed by atoms with Gasteiger partial charge >= 0.3 is 0 Å². The zero-order valence-electron chi connectivity index (χ0n) is 12.1. The molecule has 114 valence electrons. The quantitative estimate of drug-likeness (QED) is 0.779. The van der Waals surface area contributed by atoms with Gasteiger partial charge < -0.3 is 10.1 Å². The number of nitrogens with one attached hydrogen (secondary N) is 2. The Balaban J connectivity index is 1.89. The topological polar surface area (TPSA) is 45.7 Å². The maximum Gasteiger partial charge on any atom is 0.206 e. The lowest BCUT2D eigenvalue weighted by Crippen LogP contribution is -2.29. The van der Waals surface area contributed by atoms with E-state index in [2.05, 4.69) is 22.0 Å². The van der Waals surface area contributed by atoms with Gasteiger partial charge in [-0.05, 0) is 42.6 Å². The average molecular weight is 334 g/mol. The van der Waals surface area contributed by atoms with Gasteiger partial charge in [0.25, 0.3) is 0 Å². The zero-order valence-corrected chi connectivity index (χ0v) is 13.7. The Hall–Kier alpha value is -1.85. The molecule has 0 fully saturated rings. The molecule has 0 spiro atoms. The second-order valence-electron chi connectivity index (χ2n) is 4.72. The summed E-state index contributed by atoms with van der Waals surface area (Å²) in [5.74, 6) is 2.10. The highest BCUT2D eigenvalue weighted by Gasteiger charge is 2.18. The predicted octanol–water partition coefficient (Wildman–Crippen LogP) is 4.92. The number of guanidine groups is 1. The number of para-hydroxylation sites is 2. The average Bonchev–Trinajstić information content (AvgIpc) is 2.55. The number of ether oxygens (including phenoxy) is 1. The molecule has 1 aliphatic rings. The summed E-state index contributed by atoms with van der Waals surface area (Å²) in [6, 6.07) is 13.3. The van der Waals surface area contributed by atoms with Crippen molar-refractivity contribution in [3.05, 3.63) is 47.5 Å². The van der Waals surface area contributed by atoms with Gasteiger partial charge in [-0.25, -0.2) is 0 Å². The van der Waals surface area contributed by atoms with E-state index in [0.717, 1.165) is 35.3 Å². The van der Waals surface area contributed by atoms with Gasteiger partial charge in [-0.3, -0.25) is 9.71 Å². The third kappa shape index (κ3) is 3.31. The van der Waals surface area contributed by atoms with Crippen molar-refractivity contribution in [3.8, 4) is 11.5 Å². The molecule has 0 atom stereocenters. The van der Waals surface area contributed by atoms with Crippen LogP contribution >= 0.6 is 23.5 Å². The highest BCUT2D eigenvalue weighted by molar-refractivity contribution is 7.98. The minimum Gasteiger partial charge on any atom is -0.454 e. The van der Waals surface area contributed by atoms with Gasteiger partial charge in [0.1, 0.15) is 5.75 Å². The Morgan fingerprint density at radius 2 is 1.95 bits per heavy atom. The van der Waals surface area contributed by atoms with E-state index >= 15 is 0 Å². The van der Waals surface area contributed by atoms with Gasteiger partial charge in [-0.1, -0.05) is 36.7 Å². The van der Waals surface area contributed by atoms with Gasteiger partial charge in [-0.2, -0.15) is 0 Å². The van der Waals surface area contributed by atoms with Crippen molar-refractivity contribution < 1.29 is 4.74 Å². The molecule has 0 saturated carbocycles. The molecule has 22 heavy (non-hydrogen) atoms. The van der Waals surface area contributed by atoms with Crippen LogP contribution in [0.2, 0.25) is 5.02 Å². The van der Waals surface area contributed by atoms with Crippen molar-refractivity contribution in [2.75, 3.05) is 11.9 Å². The van der Waals surface area contributed by atoms with Crippen LogP contribution < -0.4 is 14.8 Å². The van der Waals surface area contributed by atoms with Crippen LogP contribution in [0.25, 0.3) is 0 Å². The fraction of sp³-hybridized carbons (Fsp3) is 0.188. The molecule has 2 aromatic rings. The SMILES string of the molecule is CCCN=C1NSc2cccc(Oc3ccccc3Cl)c2N1. The number of hydrogen-bond acceptors (Lipinski definition) is 3. The molecule has 4 nitrogen and oxygen atoms in total. The van der Waals surface area contributed by atoms with E-state index in [1.807, 2.05) is 42.5 Å². The van der Waals surface area contributed by atoms with Gasteiger partial charge in [-0.15, -0.1) is 0 Å². The summed E-state index contributed by atoms with van der Waals surface area (Å²) in [7, 11) is 0. The number of rotatable bonds is 4. The molecule has 6 heteroatoms. The third-order valence-corrected chi connectivity index (χ3v) is 4.21. The first-order chi connectivity index (χ1) is 10.8. The molecule has 0 radical (unpaired) electrons. The zero-order chi connectivity index (χ0) is 15.4. The fourth-order valence-corrected chi connectivity index (χ4v) is 2.89. The fourth-order valence-electron chi connectivity index (χ4n) is 1.99. The minimum absolute atomic E-state index is 0.585. The lowest BCUT2D eigenvalue weighted by Gasteiger charge is -2.23. The van der Waals surface area contributed by atoms with Crippen molar-refractivity contribution in [2.45, 2.75) is 18.2 Å². The molecular weight excluding hydrogens is 318 g/mol. The maximum absolute atomic E-state index is 6.17. The highest BCUT2D eigenvalue weighted by Crippen LogP contribution is 2.40. The summed E-state index contributed by atoms with van der Waals surface area (Å²) in [6.07, 6.45) is 1.00. The first kappa shape index (κ1) is 15.1. The van der Waals surface area contributed by atoms with Crippen LogP contribution in [0.15, 0.2) is 52.4 Å². The van der Waals surface area contributed by atoms with Crippen LogP contribution in [0, 0.1) is 0 Å². The van der Waals surface area contributed by atoms with Crippen molar-refractivity contribution in [1.82, 2.24) is 4.72 Å². The summed E-state index contributed by atoms with van der Waals surface area (Å²) in [5.41, 5.74) is 0.904. The summed E-state index contributed by atoms with van der Waals surface area (Å²) in [4.78, 5) is 5.51. The molecular formula is C16H16ClN3OS. The van der Waals surface area contributed by atoms with E-state index in [-0.39, 0.29) is 0 Å². The highest BCUT2D eigenvalue weighted by atomic mass is 35.5. The van der Waals surface area contributed by atoms with Gasteiger partial charge in [0, 0.05) is 6.54 Å². The summed E-state index contributed by atoms with van der Waals surface area (Å²) >= 11 is 7.69. The Bertz CT molecular complexity index is 706. The number of halogens is 1.